The van der Waals surface area contributed by atoms with Crippen LogP contribution in [0.5, 0.6) is 0 Å². The summed E-state index contributed by atoms with van der Waals surface area (Å²) in [6.45, 7) is 8.03. The van der Waals surface area contributed by atoms with Crippen LogP contribution in [0.4, 0.5) is 0 Å². The fourth-order valence-corrected chi connectivity index (χ4v) is 2.86. The maximum atomic E-state index is 5.49. The second kappa shape index (κ2) is 7.68. The summed E-state index contributed by atoms with van der Waals surface area (Å²) in [7, 11) is 1.75. The Morgan fingerprint density at radius 2 is 1.91 bits per heavy atom. The van der Waals surface area contributed by atoms with Crippen molar-refractivity contribution in [2.75, 3.05) is 46.4 Å². The van der Waals surface area contributed by atoms with E-state index >= 15 is 0 Å². The number of methoxy groups -OCH3 is 1. The molecule has 1 aromatic carbocycles. The van der Waals surface area contributed by atoms with Crippen LogP contribution < -0.4 is 0 Å². The molecule has 0 unspecified atom stereocenters. The van der Waals surface area contributed by atoms with Gasteiger partial charge in [0.25, 0.3) is 0 Å². The summed E-state index contributed by atoms with van der Waals surface area (Å²) < 4.78 is 10.6. The van der Waals surface area contributed by atoms with Crippen molar-refractivity contribution in [2.45, 2.75) is 13.0 Å². The van der Waals surface area contributed by atoms with Crippen molar-refractivity contribution in [3.05, 3.63) is 36.2 Å². The summed E-state index contributed by atoms with van der Waals surface area (Å²) in [5, 5.41) is 4.12. The average molecular weight is 316 g/mol. The molecule has 23 heavy (non-hydrogen) atoms. The minimum atomic E-state index is 0.143. The maximum Gasteiger partial charge on any atom is 0.244 e. The molecule has 124 valence electrons. The first-order chi connectivity index (χ1) is 11.3. The Balaban J connectivity index is 1.59. The van der Waals surface area contributed by atoms with Gasteiger partial charge in [-0.15, -0.1) is 0 Å². The van der Waals surface area contributed by atoms with E-state index < -0.39 is 0 Å². The molecule has 3 rings (SSSR count). The molecule has 0 radical (unpaired) electrons. The van der Waals surface area contributed by atoms with Crippen LogP contribution >= 0.6 is 0 Å². The average Bonchev–Trinajstić information content (AvgIpc) is 3.11. The smallest absolute Gasteiger partial charge is 0.244 e. The molecule has 0 saturated carbocycles. The Kier molecular flexibility index (Phi) is 5.38. The number of nitrogens with zero attached hydrogens (tertiary/aromatic N) is 4. The molecule has 2 heterocycles. The number of piperazine rings is 1. The van der Waals surface area contributed by atoms with Crippen LogP contribution in [-0.2, 0) is 4.74 Å². The fraction of sp³-hybridized carbons (Fsp3) is 0.529. The summed E-state index contributed by atoms with van der Waals surface area (Å²) in [6, 6.07) is 10.1. The maximum absolute atomic E-state index is 5.49. The minimum Gasteiger partial charge on any atom is -0.383 e. The Hall–Kier alpha value is -1.76. The molecule has 0 bridgehead atoms. The molecule has 1 saturated heterocycles. The van der Waals surface area contributed by atoms with Gasteiger partial charge in [0.2, 0.25) is 11.7 Å². The number of aromatic nitrogens is 2. The topological polar surface area (TPSA) is 54.6 Å². The zero-order chi connectivity index (χ0) is 16.1. The molecule has 0 amide bonds. The molecule has 2 aromatic rings. The summed E-state index contributed by atoms with van der Waals surface area (Å²) in [5.74, 6) is 1.35. The van der Waals surface area contributed by atoms with E-state index in [0.29, 0.717) is 11.7 Å². The van der Waals surface area contributed by atoms with E-state index in [2.05, 4.69) is 26.9 Å². The van der Waals surface area contributed by atoms with E-state index in [9.17, 15) is 0 Å². The predicted molar refractivity (Wildman–Crippen MR) is 88.0 cm³/mol. The van der Waals surface area contributed by atoms with Crippen LogP contribution in [0.3, 0.4) is 0 Å². The van der Waals surface area contributed by atoms with E-state index in [-0.39, 0.29) is 6.04 Å². The molecule has 1 atom stereocenters. The predicted octanol–water partition coefficient (Wildman–Crippen LogP) is 2.06. The van der Waals surface area contributed by atoms with Gasteiger partial charge < -0.3 is 9.26 Å². The van der Waals surface area contributed by atoms with Crippen LogP contribution in [0, 0.1) is 0 Å². The third kappa shape index (κ3) is 3.96. The van der Waals surface area contributed by atoms with Crippen molar-refractivity contribution in [3.8, 4) is 11.4 Å². The molecule has 6 heteroatoms. The minimum absolute atomic E-state index is 0.143. The normalized spacial score (nSPS) is 18.2. The molecule has 0 N–H and O–H groups in total. The summed E-state index contributed by atoms with van der Waals surface area (Å²) in [4.78, 5) is 9.39. The van der Waals surface area contributed by atoms with Crippen LogP contribution in [0.25, 0.3) is 11.4 Å². The Morgan fingerprint density at radius 1 is 1.17 bits per heavy atom. The van der Waals surface area contributed by atoms with Crippen molar-refractivity contribution < 1.29 is 9.26 Å². The number of rotatable bonds is 6. The Labute approximate surface area is 137 Å². The summed E-state index contributed by atoms with van der Waals surface area (Å²) >= 11 is 0. The lowest BCUT2D eigenvalue weighted by Gasteiger charge is -2.36. The number of hydrogen-bond acceptors (Lipinski definition) is 6. The first-order valence-electron chi connectivity index (χ1n) is 8.12. The highest BCUT2D eigenvalue weighted by Crippen LogP contribution is 2.23. The Bertz CT molecular complexity index is 594. The second-order valence-electron chi connectivity index (χ2n) is 5.87. The molecule has 1 aliphatic heterocycles. The third-order valence-electron chi connectivity index (χ3n) is 4.40. The van der Waals surface area contributed by atoms with Gasteiger partial charge in [-0.1, -0.05) is 35.5 Å². The second-order valence-corrected chi connectivity index (χ2v) is 5.87. The van der Waals surface area contributed by atoms with Crippen LogP contribution in [0.15, 0.2) is 34.9 Å². The lowest BCUT2D eigenvalue weighted by atomic mass is 10.2. The molecular weight excluding hydrogens is 292 g/mol. The molecule has 0 aliphatic carbocycles. The lowest BCUT2D eigenvalue weighted by Crippen LogP contribution is -2.47. The first kappa shape index (κ1) is 16.1. The van der Waals surface area contributed by atoms with Gasteiger partial charge in [-0.05, 0) is 6.92 Å². The van der Waals surface area contributed by atoms with Crippen LogP contribution in [0.1, 0.15) is 18.9 Å². The monoisotopic (exact) mass is 316 g/mol. The van der Waals surface area contributed by atoms with Gasteiger partial charge in [-0.3, -0.25) is 9.80 Å². The quantitative estimate of drug-likeness (QED) is 0.813. The van der Waals surface area contributed by atoms with Crippen molar-refractivity contribution in [1.82, 2.24) is 19.9 Å². The van der Waals surface area contributed by atoms with Crippen molar-refractivity contribution in [1.29, 1.82) is 0 Å². The van der Waals surface area contributed by atoms with E-state index in [1.165, 1.54) is 0 Å². The van der Waals surface area contributed by atoms with Crippen LogP contribution in [-0.4, -0.2) is 66.4 Å². The molecule has 6 nitrogen and oxygen atoms in total. The van der Waals surface area contributed by atoms with Gasteiger partial charge in [0.1, 0.15) is 0 Å². The van der Waals surface area contributed by atoms with E-state index in [0.717, 1.165) is 44.9 Å². The lowest BCUT2D eigenvalue weighted by molar-refractivity contribution is 0.0697. The van der Waals surface area contributed by atoms with Crippen molar-refractivity contribution in [3.63, 3.8) is 0 Å². The SMILES string of the molecule is COCCN1CCN([C@H](C)c2nc(-c3ccccc3)no2)CC1. The van der Waals surface area contributed by atoms with E-state index in [1.807, 2.05) is 30.3 Å². The summed E-state index contributed by atoms with van der Waals surface area (Å²) in [6.07, 6.45) is 0. The third-order valence-corrected chi connectivity index (χ3v) is 4.40. The van der Waals surface area contributed by atoms with Gasteiger partial charge in [0, 0.05) is 45.4 Å². The molecular formula is C17H24N4O2. The van der Waals surface area contributed by atoms with Crippen molar-refractivity contribution in [2.24, 2.45) is 0 Å². The van der Waals surface area contributed by atoms with Gasteiger partial charge in [-0.25, -0.2) is 0 Å². The molecule has 0 spiro atoms. The van der Waals surface area contributed by atoms with E-state index in [4.69, 9.17) is 9.26 Å². The molecule has 1 aliphatic rings. The fourth-order valence-electron chi connectivity index (χ4n) is 2.86. The van der Waals surface area contributed by atoms with Crippen LogP contribution in [0.2, 0.25) is 0 Å². The standard InChI is InChI=1S/C17H24N4O2/c1-14(21-10-8-20(9-11-21)12-13-22-2)17-18-16(19-23-17)15-6-4-3-5-7-15/h3-7,14H,8-13H2,1-2H3/t14-/m1/s1. The van der Waals surface area contributed by atoms with Gasteiger partial charge in [0.15, 0.2) is 0 Å². The number of ether oxygens (including phenoxy) is 1. The molecule has 1 fully saturated rings. The number of benzene rings is 1. The molecule has 1 aromatic heterocycles. The van der Waals surface area contributed by atoms with E-state index in [1.54, 1.807) is 7.11 Å². The van der Waals surface area contributed by atoms with Gasteiger partial charge in [-0.2, -0.15) is 4.98 Å². The van der Waals surface area contributed by atoms with Gasteiger partial charge in [0.05, 0.1) is 12.6 Å². The van der Waals surface area contributed by atoms with Gasteiger partial charge >= 0.3 is 0 Å². The summed E-state index contributed by atoms with van der Waals surface area (Å²) in [5.41, 5.74) is 0.985. The highest BCUT2D eigenvalue weighted by molar-refractivity contribution is 5.53. The highest BCUT2D eigenvalue weighted by Gasteiger charge is 2.25. The largest absolute Gasteiger partial charge is 0.383 e. The highest BCUT2D eigenvalue weighted by atomic mass is 16.5. The zero-order valence-electron chi connectivity index (χ0n) is 13.8. The number of hydrogen-bond donors (Lipinski definition) is 0. The zero-order valence-corrected chi connectivity index (χ0v) is 13.8. The Morgan fingerprint density at radius 3 is 2.61 bits per heavy atom. The van der Waals surface area contributed by atoms with Crippen molar-refractivity contribution >= 4 is 0 Å². The first-order valence-corrected chi connectivity index (χ1v) is 8.12.